The predicted octanol–water partition coefficient (Wildman–Crippen LogP) is 6.61. The third-order valence-electron chi connectivity index (χ3n) is 6.37. The molecule has 0 radical (unpaired) electrons. The standard InChI is InChI=1S/C30H27F2N5O2/c1-37(18-19-8-10-23(39-2)11-9-19)29-15-27-21(17-34-29)12-20(16-33-27)24-13-28(26(32)14-25(24)31)36-30(38)35-22-6-4-3-5-7-22/h3-15,17,33H,16,18H2,1-2H3,(H2,35,36,38). The summed E-state index contributed by atoms with van der Waals surface area (Å²) in [4.78, 5) is 19.0. The Morgan fingerprint density at radius 3 is 2.54 bits per heavy atom. The minimum Gasteiger partial charge on any atom is -0.497 e. The highest BCUT2D eigenvalue weighted by Crippen LogP contribution is 2.33. The van der Waals surface area contributed by atoms with Crippen LogP contribution in [0.4, 0.5) is 36.5 Å². The lowest BCUT2D eigenvalue weighted by atomic mass is 9.98. The summed E-state index contributed by atoms with van der Waals surface area (Å²) in [5, 5.41) is 8.40. The smallest absolute Gasteiger partial charge is 0.323 e. The number of carbonyl (C=O) groups is 1. The van der Waals surface area contributed by atoms with Crippen LogP contribution in [0.5, 0.6) is 5.75 Å². The van der Waals surface area contributed by atoms with Crippen molar-refractivity contribution in [1.82, 2.24) is 4.98 Å². The minimum absolute atomic E-state index is 0.125. The number of nitrogens with one attached hydrogen (secondary N) is 3. The van der Waals surface area contributed by atoms with Gasteiger partial charge in [0.1, 0.15) is 23.2 Å². The van der Waals surface area contributed by atoms with E-state index >= 15 is 0 Å². The van der Waals surface area contributed by atoms with E-state index in [0.29, 0.717) is 24.4 Å². The first-order valence-corrected chi connectivity index (χ1v) is 12.3. The Morgan fingerprint density at radius 1 is 1.03 bits per heavy atom. The lowest BCUT2D eigenvalue weighted by Crippen LogP contribution is -2.20. The quantitative estimate of drug-likeness (QED) is 0.252. The zero-order chi connectivity index (χ0) is 27.4. The molecule has 2 amide bonds. The molecule has 9 heteroatoms. The Hall–Kier alpha value is -4.92. The Kier molecular flexibility index (Phi) is 7.40. The molecule has 39 heavy (non-hydrogen) atoms. The number of aromatic nitrogens is 1. The van der Waals surface area contributed by atoms with E-state index in [0.717, 1.165) is 34.4 Å². The van der Waals surface area contributed by atoms with Crippen molar-refractivity contribution in [2.45, 2.75) is 6.54 Å². The van der Waals surface area contributed by atoms with Gasteiger partial charge in [0.25, 0.3) is 0 Å². The number of para-hydroxylation sites is 1. The maximum Gasteiger partial charge on any atom is 0.323 e. The van der Waals surface area contributed by atoms with Crippen LogP contribution >= 0.6 is 0 Å². The molecule has 4 aromatic rings. The zero-order valence-corrected chi connectivity index (χ0v) is 21.5. The number of hydrogen-bond donors (Lipinski definition) is 3. The summed E-state index contributed by atoms with van der Waals surface area (Å²) < 4.78 is 34.6. The molecule has 0 saturated carbocycles. The molecule has 1 aromatic heterocycles. The average molecular weight is 528 g/mol. The van der Waals surface area contributed by atoms with Gasteiger partial charge in [0, 0.05) is 61.0 Å². The summed E-state index contributed by atoms with van der Waals surface area (Å²) in [6, 6.07) is 20.0. The molecule has 2 heterocycles. The Labute approximate surface area is 225 Å². The number of nitrogens with zero attached hydrogens (tertiary/aromatic N) is 2. The van der Waals surface area contributed by atoms with Gasteiger partial charge in [-0.05, 0) is 47.5 Å². The molecule has 0 aliphatic carbocycles. The van der Waals surface area contributed by atoms with Gasteiger partial charge in [-0.1, -0.05) is 30.3 Å². The first-order chi connectivity index (χ1) is 18.9. The second-order valence-electron chi connectivity index (χ2n) is 9.11. The van der Waals surface area contributed by atoms with Crippen LogP contribution in [-0.4, -0.2) is 31.7 Å². The lowest BCUT2D eigenvalue weighted by Gasteiger charge is -2.23. The van der Waals surface area contributed by atoms with E-state index in [2.05, 4.69) is 20.9 Å². The monoisotopic (exact) mass is 527 g/mol. The SMILES string of the molecule is COc1ccc(CN(C)c2cc3c(cn2)C=C(c2cc(NC(=O)Nc4ccccc4)c(F)cc2F)CN3)cc1. The van der Waals surface area contributed by atoms with Crippen molar-refractivity contribution in [2.24, 2.45) is 0 Å². The Balaban J connectivity index is 1.33. The van der Waals surface area contributed by atoms with Crippen LogP contribution in [0, 0.1) is 11.6 Å². The number of anilines is 4. The molecule has 0 saturated heterocycles. The second kappa shape index (κ2) is 11.2. The molecule has 3 N–H and O–H groups in total. The largest absolute Gasteiger partial charge is 0.497 e. The Morgan fingerprint density at radius 2 is 1.79 bits per heavy atom. The van der Waals surface area contributed by atoms with E-state index in [1.54, 1.807) is 37.6 Å². The molecular weight excluding hydrogens is 500 g/mol. The average Bonchev–Trinajstić information content (AvgIpc) is 2.95. The maximum atomic E-state index is 14.8. The van der Waals surface area contributed by atoms with Crippen molar-refractivity contribution in [2.75, 3.05) is 41.6 Å². The van der Waals surface area contributed by atoms with E-state index in [4.69, 9.17) is 4.74 Å². The van der Waals surface area contributed by atoms with Crippen LogP contribution in [0.2, 0.25) is 0 Å². The summed E-state index contributed by atoms with van der Waals surface area (Å²) in [7, 11) is 3.59. The number of fused-ring (bicyclic) bond motifs is 1. The van der Waals surface area contributed by atoms with Gasteiger partial charge in [-0.3, -0.25) is 0 Å². The van der Waals surface area contributed by atoms with E-state index in [-0.39, 0.29) is 11.3 Å². The highest BCUT2D eigenvalue weighted by molar-refractivity contribution is 6.00. The van der Waals surface area contributed by atoms with E-state index in [1.807, 2.05) is 54.4 Å². The fraction of sp³-hybridized carbons (Fsp3) is 0.133. The molecule has 7 nitrogen and oxygen atoms in total. The zero-order valence-electron chi connectivity index (χ0n) is 21.5. The van der Waals surface area contributed by atoms with Gasteiger partial charge in [0.05, 0.1) is 12.8 Å². The van der Waals surface area contributed by atoms with Crippen LogP contribution in [0.25, 0.3) is 11.6 Å². The first-order valence-electron chi connectivity index (χ1n) is 12.3. The van der Waals surface area contributed by atoms with Crippen molar-refractivity contribution >= 4 is 40.6 Å². The van der Waals surface area contributed by atoms with Crippen molar-refractivity contribution in [1.29, 1.82) is 0 Å². The number of urea groups is 1. The topological polar surface area (TPSA) is 78.5 Å². The van der Waals surface area contributed by atoms with Crippen LogP contribution in [0.3, 0.4) is 0 Å². The molecule has 0 atom stereocenters. The Bertz CT molecular complexity index is 1520. The first kappa shape index (κ1) is 25.7. The van der Waals surface area contributed by atoms with Crippen LogP contribution in [0.15, 0.2) is 79.0 Å². The normalized spacial score (nSPS) is 12.1. The summed E-state index contributed by atoms with van der Waals surface area (Å²) in [5.74, 6) is -0.00824. The van der Waals surface area contributed by atoms with Crippen molar-refractivity contribution in [3.63, 3.8) is 0 Å². The molecular formula is C30H27F2N5O2. The van der Waals surface area contributed by atoms with E-state index in [1.165, 1.54) is 6.07 Å². The highest BCUT2D eigenvalue weighted by Gasteiger charge is 2.19. The van der Waals surface area contributed by atoms with Gasteiger partial charge in [-0.2, -0.15) is 0 Å². The molecule has 0 unspecified atom stereocenters. The van der Waals surface area contributed by atoms with Crippen molar-refractivity contribution in [3.8, 4) is 5.75 Å². The molecule has 1 aliphatic rings. The van der Waals surface area contributed by atoms with Crippen LogP contribution < -0.4 is 25.6 Å². The number of ether oxygens (including phenoxy) is 1. The molecule has 3 aromatic carbocycles. The number of amides is 2. The van der Waals surface area contributed by atoms with Gasteiger partial charge in [0.15, 0.2) is 0 Å². The van der Waals surface area contributed by atoms with Gasteiger partial charge >= 0.3 is 6.03 Å². The summed E-state index contributed by atoms with van der Waals surface area (Å²) >= 11 is 0. The maximum absolute atomic E-state index is 14.8. The summed E-state index contributed by atoms with van der Waals surface area (Å²) in [5.41, 5.74) is 3.96. The third-order valence-corrected chi connectivity index (χ3v) is 6.37. The predicted molar refractivity (Wildman–Crippen MR) is 151 cm³/mol. The van der Waals surface area contributed by atoms with Crippen molar-refractivity contribution in [3.05, 3.63) is 107 Å². The highest BCUT2D eigenvalue weighted by atomic mass is 19.1. The van der Waals surface area contributed by atoms with Gasteiger partial charge in [-0.15, -0.1) is 0 Å². The number of pyridine rings is 1. The fourth-order valence-corrected chi connectivity index (χ4v) is 4.32. The number of halogens is 2. The van der Waals surface area contributed by atoms with E-state index < -0.39 is 17.7 Å². The summed E-state index contributed by atoms with van der Waals surface area (Å²) in [6.07, 6.45) is 3.53. The van der Waals surface area contributed by atoms with E-state index in [9.17, 15) is 13.6 Å². The third kappa shape index (κ3) is 5.98. The molecule has 0 bridgehead atoms. The number of hydrogen-bond acceptors (Lipinski definition) is 5. The minimum atomic E-state index is -0.865. The lowest BCUT2D eigenvalue weighted by molar-refractivity contribution is 0.262. The van der Waals surface area contributed by atoms with Gasteiger partial charge in [0.2, 0.25) is 0 Å². The van der Waals surface area contributed by atoms with Crippen LogP contribution in [0.1, 0.15) is 16.7 Å². The molecule has 1 aliphatic heterocycles. The number of carbonyl (C=O) groups excluding carboxylic acids is 1. The number of methoxy groups -OCH3 is 1. The molecule has 0 spiro atoms. The van der Waals surface area contributed by atoms with Gasteiger partial charge < -0.3 is 25.6 Å². The summed E-state index contributed by atoms with van der Waals surface area (Å²) in [6.45, 7) is 0.974. The van der Waals surface area contributed by atoms with Crippen molar-refractivity contribution < 1.29 is 18.3 Å². The van der Waals surface area contributed by atoms with Gasteiger partial charge in [-0.25, -0.2) is 18.6 Å². The number of rotatable bonds is 7. The second-order valence-corrected chi connectivity index (χ2v) is 9.11. The fourth-order valence-electron chi connectivity index (χ4n) is 4.32. The molecule has 5 rings (SSSR count). The molecule has 0 fully saturated rings. The van der Waals surface area contributed by atoms with Crippen LogP contribution in [-0.2, 0) is 6.54 Å². The molecule has 198 valence electrons. The number of benzene rings is 3.